The Morgan fingerprint density at radius 2 is 2.00 bits per heavy atom. The lowest BCUT2D eigenvalue weighted by atomic mass is 10.0. The SMILES string of the molecule is CCCN(C)C(=O)C(C)(C)NC. The molecule has 1 amide bonds. The predicted molar refractivity (Wildman–Crippen MR) is 51.1 cm³/mol. The van der Waals surface area contributed by atoms with Crippen LogP contribution in [0.25, 0.3) is 0 Å². The van der Waals surface area contributed by atoms with Crippen LogP contribution in [-0.2, 0) is 4.79 Å². The molecular formula is C9H20N2O. The summed E-state index contributed by atoms with van der Waals surface area (Å²) in [6.07, 6.45) is 1.00. The molecule has 0 spiro atoms. The van der Waals surface area contributed by atoms with Gasteiger partial charge in [-0.05, 0) is 27.3 Å². The van der Waals surface area contributed by atoms with E-state index in [0.29, 0.717) is 0 Å². The molecule has 0 aromatic heterocycles. The third-order valence-corrected chi connectivity index (χ3v) is 2.07. The molecule has 0 heterocycles. The first-order chi connectivity index (χ1) is 5.45. The average Bonchev–Trinajstić information content (AvgIpc) is 2.03. The maximum absolute atomic E-state index is 11.6. The Morgan fingerprint density at radius 1 is 1.50 bits per heavy atom. The highest BCUT2D eigenvalue weighted by molar-refractivity contribution is 5.85. The lowest BCUT2D eigenvalue weighted by Crippen LogP contribution is -2.51. The quantitative estimate of drug-likeness (QED) is 0.682. The summed E-state index contributed by atoms with van der Waals surface area (Å²) in [5.41, 5.74) is -0.441. The second-order valence-corrected chi connectivity index (χ2v) is 3.60. The van der Waals surface area contributed by atoms with Gasteiger partial charge in [0.2, 0.25) is 5.91 Å². The molecule has 0 aliphatic carbocycles. The smallest absolute Gasteiger partial charge is 0.242 e. The molecule has 3 heteroatoms. The number of likely N-dealkylation sites (N-methyl/N-ethyl adjacent to an activating group) is 2. The van der Waals surface area contributed by atoms with Crippen molar-refractivity contribution in [3.05, 3.63) is 0 Å². The van der Waals surface area contributed by atoms with Crippen molar-refractivity contribution < 1.29 is 4.79 Å². The van der Waals surface area contributed by atoms with Crippen molar-refractivity contribution in [3.63, 3.8) is 0 Å². The third-order valence-electron chi connectivity index (χ3n) is 2.07. The lowest BCUT2D eigenvalue weighted by molar-refractivity contribution is -0.135. The Kier molecular flexibility index (Phi) is 4.24. The third kappa shape index (κ3) is 2.81. The maximum atomic E-state index is 11.6. The van der Waals surface area contributed by atoms with Crippen LogP contribution in [0.3, 0.4) is 0 Å². The summed E-state index contributed by atoms with van der Waals surface area (Å²) >= 11 is 0. The standard InChI is InChI=1S/C9H20N2O/c1-6-7-11(5)8(12)9(2,3)10-4/h10H,6-7H2,1-5H3. The molecule has 3 nitrogen and oxygen atoms in total. The molecule has 0 aliphatic heterocycles. The molecule has 0 atom stereocenters. The van der Waals surface area contributed by atoms with Gasteiger partial charge in [0.15, 0.2) is 0 Å². The van der Waals surface area contributed by atoms with E-state index in [0.717, 1.165) is 13.0 Å². The number of hydrogen-bond acceptors (Lipinski definition) is 2. The van der Waals surface area contributed by atoms with Crippen molar-refractivity contribution in [2.24, 2.45) is 0 Å². The van der Waals surface area contributed by atoms with E-state index in [4.69, 9.17) is 0 Å². The highest BCUT2D eigenvalue weighted by Crippen LogP contribution is 2.05. The lowest BCUT2D eigenvalue weighted by Gasteiger charge is -2.28. The van der Waals surface area contributed by atoms with E-state index < -0.39 is 5.54 Å². The van der Waals surface area contributed by atoms with Crippen LogP contribution >= 0.6 is 0 Å². The van der Waals surface area contributed by atoms with Crippen molar-refractivity contribution >= 4 is 5.91 Å². The molecule has 0 radical (unpaired) electrons. The Morgan fingerprint density at radius 3 is 2.33 bits per heavy atom. The fraction of sp³-hybridized carbons (Fsp3) is 0.889. The number of hydrogen-bond donors (Lipinski definition) is 1. The molecule has 0 bridgehead atoms. The molecule has 0 fully saturated rings. The number of nitrogens with zero attached hydrogens (tertiary/aromatic N) is 1. The van der Waals surface area contributed by atoms with Gasteiger partial charge in [-0.2, -0.15) is 0 Å². The van der Waals surface area contributed by atoms with Gasteiger partial charge >= 0.3 is 0 Å². The van der Waals surface area contributed by atoms with E-state index in [1.807, 2.05) is 20.9 Å². The second-order valence-electron chi connectivity index (χ2n) is 3.60. The van der Waals surface area contributed by atoms with Crippen LogP contribution in [-0.4, -0.2) is 37.0 Å². The van der Waals surface area contributed by atoms with Crippen molar-refractivity contribution in [2.45, 2.75) is 32.7 Å². The van der Waals surface area contributed by atoms with Gasteiger partial charge in [-0.3, -0.25) is 4.79 Å². The number of carbonyl (C=O) groups is 1. The largest absolute Gasteiger partial charge is 0.344 e. The van der Waals surface area contributed by atoms with E-state index in [1.165, 1.54) is 0 Å². The first-order valence-corrected chi connectivity index (χ1v) is 4.40. The second kappa shape index (κ2) is 4.45. The summed E-state index contributed by atoms with van der Waals surface area (Å²) in [6, 6.07) is 0. The van der Waals surface area contributed by atoms with E-state index >= 15 is 0 Å². The minimum absolute atomic E-state index is 0.145. The number of carbonyl (C=O) groups excluding carboxylic acids is 1. The summed E-state index contributed by atoms with van der Waals surface area (Å²) in [5, 5.41) is 2.99. The van der Waals surface area contributed by atoms with Crippen LogP contribution in [0.1, 0.15) is 27.2 Å². The summed E-state index contributed by atoms with van der Waals surface area (Å²) in [7, 11) is 3.64. The number of rotatable bonds is 4. The predicted octanol–water partition coefficient (Wildman–Crippen LogP) is 0.853. The Bertz CT molecular complexity index is 155. The Labute approximate surface area is 75.1 Å². The summed E-state index contributed by atoms with van der Waals surface area (Å²) in [5.74, 6) is 0.145. The molecule has 0 unspecified atom stereocenters. The zero-order valence-electron chi connectivity index (χ0n) is 8.77. The summed E-state index contributed by atoms with van der Waals surface area (Å²) in [4.78, 5) is 13.4. The maximum Gasteiger partial charge on any atom is 0.242 e. The zero-order valence-corrected chi connectivity index (χ0v) is 8.77. The normalized spacial score (nSPS) is 11.4. The van der Waals surface area contributed by atoms with Gasteiger partial charge in [0.1, 0.15) is 0 Å². The Balaban J connectivity index is 4.18. The molecule has 12 heavy (non-hydrogen) atoms. The molecule has 72 valence electrons. The van der Waals surface area contributed by atoms with E-state index in [2.05, 4.69) is 12.2 Å². The minimum Gasteiger partial charge on any atom is -0.344 e. The zero-order chi connectivity index (χ0) is 9.78. The molecule has 0 aliphatic rings. The van der Waals surface area contributed by atoms with Crippen LogP contribution in [0, 0.1) is 0 Å². The first-order valence-electron chi connectivity index (χ1n) is 4.40. The fourth-order valence-electron chi connectivity index (χ4n) is 1.02. The van der Waals surface area contributed by atoms with E-state index in [-0.39, 0.29) is 5.91 Å². The van der Waals surface area contributed by atoms with Crippen molar-refractivity contribution in [1.82, 2.24) is 10.2 Å². The highest BCUT2D eigenvalue weighted by atomic mass is 16.2. The van der Waals surface area contributed by atoms with Gasteiger partial charge in [-0.1, -0.05) is 6.92 Å². The van der Waals surface area contributed by atoms with Gasteiger partial charge < -0.3 is 10.2 Å². The number of amides is 1. The highest BCUT2D eigenvalue weighted by Gasteiger charge is 2.27. The molecule has 1 N–H and O–H groups in total. The number of nitrogens with one attached hydrogen (secondary N) is 1. The van der Waals surface area contributed by atoms with E-state index in [1.54, 1.807) is 11.9 Å². The molecular weight excluding hydrogens is 152 g/mol. The van der Waals surface area contributed by atoms with Gasteiger partial charge in [0.25, 0.3) is 0 Å². The molecule has 0 saturated heterocycles. The molecule has 0 aromatic rings. The van der Waals surface area contributed by atoms with Gasteiger partial charge in [-0.25, -0.2) is 0 Å². The van der Waals surface area contributed by atoms with Crippen LogP contribution in [0.15, 0.2) is 0 Å². The van der Waals surface area contributed by atoms with Gasteiger partial charge in [0.05, 0.1) is 5.54 Å². The first kappa shape index (κ1) is 11.4. The van der Waals surface area contributed by atoms with Crippen LogP contribution in [0.5, 0.6) is 0 Å². The van der Waals surface area contributed by atoms with Crippen LogP contribution in [0.4, 0.5) is 0 Å². The molecule has 0 saturated carbocycles. The van der Waals surface area contributed by atoms with E-state index in [9.17, 15) is 4.79 Å². The fourth-order valence-corrected chi connectivity index (χ4v) is 1.02. The molecule has 0 rings (SSSR count). The van der Waals surface area contributed by atoms with Gasteiger partial charge in [0, 0.05) is 13.6 Å². The summed E-state index contributed by atoms with van der Waals surface area (Å²) < 4.78 is 0. The average molecular weight is 172 g/mol. The topological polar surface area (TPSA) is 32.3 Å². The monoisotopic (exact) mass is 172 g/mol. The van der Waals surface area contributed by atoms with Crippen molar-refractivity contribution in [3.8, 4) is 0 Å². The minimum atomic E-state index is -0.441. The Hall–Kier alpha value is -0.570. The van der Waals surface area contributed by atoms with Crippen molar-refractivity contribution in [1.29, 1.82) is 0 Å². The summed E-state index contributed by atoms with van der Waals surface area (Å²) in [6.45, 7) is 6.67. The molecule has 0 aromatic carbocycles. The van der Waals surface area contributed by atoms with Crippen molar-refractivity contribution in [2.75, 3.05) is 20.6 Å². The van der Waals surface area contributed by atoms with Crippen LogP contribution < -0.4 is 5.32 Å². The van der Waals surface area contributed by atoms with Gasteiger partial charge in [-0.15, -0.1) is 0 Å². The van der Waals surface area contributed by atoms with Crippen LogP contribution in [0.2, 0.25) is 0 Å².